The molecule has 15 aliphatic rings. The molecule has 2 saturated carbocycles. The predicted octanol–water partition coefficient (Wildman–Crippen LogP) is 19.7. The number of para-hydroxylation sites is 1. The maximum atomic E-state index is 4.94. The molecule has 16 rings (SSSR count). The van der Waals surface area contributed by atoms with E-state index in [-0.39, 0.29) is 5.41 Å². The van der Waals surface area contributed by atoms with E-state index in [1.165, 1.54) is 112 Å². The first-order valence-electron chi connectivity index (χ1n) is 34.0. The first kappa shape index (κ1) is 53.2. The molecule has 0 amide bonds. The van der Waals surface area contributed by atoms with Crippen LogP contribution in [0.25, 0.3) is 5.57 Å². The monoisotopic (exact) mass is 1100 g/mol. The number of rotatable bonds is 10. The lowest BCUT2D eigenvalue weighted by molar-refractivity contribution is 0.244. The quantitative estimate of drug-likeness (QED) is 0.164. The summed E-state index contributed by atoms with van der Waals surface area (Å²) in [5.74, 6) is 6.34. The van der Waals surface area contributed by atoms with Crippen LogP contribution in [0.4, 0.5) is 0 Å². The molecule has 2 fully saturated rings. The minimum absolute atomic E-state index is 0.110. The molecule has 1 nitrogen and oxygen atoms in total. The Bertz CT molecular complexity index is 3850. The van der Waals surface area contributed by atoms with Crippen molar-refractivity contribution in [3.8, 4) is 0 Å². The van der Waals surface area contributed by atoms with Gasteiger partial charge < -0.3 is 0 Å². The lowest BCUT2D eigenvalue weighted by Crippen LogP contribution is -2.42. The van der Waals surface area contributed by atoms with Crippen LogP contribution in [0, 0.1) is 70.5 Å². The Kier molecular flexibility index (Phi) is 13.5. The molecule has 1 aromatic rings. The van der Waals surface area contributed by atoms with Gasteiger partial charge in [0.2, 0.25) is 0 Å². The number of hydrogen-bond acceptors (Lipinski definition) is 1. The second-order valence-corrected chi connectivity index (χ2v) is 28.3. The highest BCUT2D eigenvalue weighted by Crippen LogP contribution is 2.64. The molecular formula is C83H89N. The molecule has 1 aliphatic heterocycles. The van der Waals surface area contributed by atoms with Crippen molar-refractivity contribution in [2.45, 2.75) is 150 Å². The Labute approximate surface area is 503 Å². The minimum atomic E-state index is 0.110. The Morgan fingerprint density at radius 1 is 0.679 bits per heavy atom. The van der Waals surface area contributed by atoms with Gasteiger partial charge in [0, 0.05) is 34.9 Å². The van der Waals surface area contributed by atoms with Crippen LogP contribution in [0.1, 0.15) is 150 Å². The van der Waals surface area contributed by atoms with Crippen molar-refractivity contribution in [3.05, 3.63) is 269 Å². The van der Waals surface area contributed by atoms with E-state index in [1.807, 2.05) is 11.1 Å². The maximum Gasteiger partial charge on any atom is 0.0649 e. The van der Waals surface area contributed by atoms with Crippen LogP contribution < -0.4 is 10.6 Å². The molecule has 1 aromatic carbocycles. The summed E-state index contributed by atoms with van der Waals surface area (Å²) in [6.07, 6.45) is 74.3. The first-order chi connectivity index (χ1) is 41.3. The van der Waals surface area contributed by atoms with Gasteiger partial charge in [-0.05, 0) is 271 Å². The van der Waals surface area contributed by atoms with E-state index in [0.29, 0.717) is 65.1 Å². The van der Waals surface area contributed by atoms with E-state index in [4.69, 9.17) is 4.99 Å². The van der Waals surface area contributed by atoms with Crippen LogP contribution in [0.15, 0.2) is 263 Å². The molecule has 0 bridgehead atoms. The van der Waals surface area contributed by atoms with Crippen LogP contribution in [0.5, 0.6) is 0 Å². The third-order valence-electron chi connectivity index (χ3n) is 24.5. The van der Waals surface area contributed by atoms with E-state index in [1.54, 1.807) is 83.6 Å². The van der Waals surface area contributed by atoms with Gasteiger partial charge in [0.1, 0.15) is 0 Å². The zero-order valence-electron chi connectivity index (χ0n) is 51.0. The molecule has 1 heteroatoms. The Hall–Kier alpha value is -6.31. The Balaban J connectivity index is 0.641. The largest absolute Gasteiger partial charge is 0.284 e. The van der Waals surface area contributed by atoms with E-state index < -0.39 is 0 Å². The summed E-state index contributed by atoms with van der Waals surface area (Å²) >= 11 is 0. The fourth-order valence-corrected chi connectivity index (χ4v) is 20.8. The number of nitrogens with zero attached hydrogens (tertiary/aromatic N) is 1. The fourth-order valence-electron chi connectivity index (χ4n) is 20.8. The zero-order valence-corrected chi connectivity index (χ0v) is 51.0. The van der Waals surface area contributed by atoms with Gasteiger partial charge in [0.15, 0.2) is 0 Å². The molecule has 0 aromatic heterocycles. The summed E-state index contributed by atoms with van der Waals surface area (Å²) in [5, 5.41) is 2.58. The topological polar surface area (TPSA) is 12.4 Å². The Morgan fingerprint density at radius 3 is 2.32 bits per heavy atom. The summed E-state index contributed by atoms with van der Waals surface area (Å²) in [6.45, 7) is 14.7. The minimum Gasteiger partial charge on any atom is -0.284 e. The molecular weight excluding hydrogens is 1010 g/mol. The van der Waals surface area contributed by atoms with Crippen molar-refractivity contribution in [1.82, 2.24) is 0 Å². The SMILES string of the molecule is C=C(C)/C=C\C(=C1\C=CC=CC1C)C1CC=C2C3=C1C=CCC3C1=CCCC3C(/C=C/C4=CC5=C(CC4)C4=C(C=C(/C=C/C6CCC7=C8C(=CCCC86)C6CCCC8=C(C9=c%10ccccc%10=NCC9)C=CC7C86)CC4)C5(CC)CC)=CCC2C13. The highest BCUT2D eigenvalue weighted by atomic mass is 14.7. The fraction of sp³-hybridized carbons (Fsp3) is 0.434. The average molecular weight is 1100 g/mol. The highest BCUT2D eigenvalue weighted by Gasteiger charge is 2.52. The highest BCUT2D eigenvalue weighted by molar-refractivity contribution is 5.73. The first-order valence-corrected chi connectivity index (χ1v) is 34.0. The van der Waals surface area contributed by atoms with Gasteiger partial charge in [-0.25, -0.2) is 0 Å². The van der Waals surface area contributed by atoms with Crippen molar-refractivity contribution in [2.75, 3.05) is 6.54 Å². The van der Waals surface area contributed by atoms with Crippen molar-refractivity contribution in [2.24, 2.45) is 75.5 Å². The lowest BCUT2D eigenvalue weighted by atomic mass is 9.51. The van der Waals surface area contributed by atoms with Gasteiger partial charge in [0.25, 0.3) is 0 Å². The van der Waals surface area contributed by atoms with E-state index in [2.05, 4.69) is 180 Å². The summed E-state index contributed by atoms with van der Waals surface area (Å²) in [5.41, 5.74) is 32.9. The maximum absolute atomic E-state index is 4.94. The average Bonchev–Trinajstić information content (AvgIpc) is 0.954. The molecule has 0 N–H and O–H groups in total. The molecule has 0 radical (unpaired) electrons. The number of hydrogen-bond donors (Lipinski definition) is 0. The summed E-state index contributed by atoms with van der Waals surface area (Å²) < 4.78 is 0. The summed E-state index contributed by atoms with van der Waals surface area (Å²) in [4.78, 5) is 4.94. The van der Waals surface area contributed by atoms with E-state index >= 15 is 0 Å². The van der Waals surface area contributed by atoms with Gasteiger partial charge in [0.05, 0.1) is 5.36 Å². The van der Waals surface area contributed by atoms with E-state index in [9.17, 15) is 0 Å². The summed E-state index contributed by atoms with van der Waals surface area (Å²) in [6, 6.07) is 8.95. The van der Waals surface area contributed by atoms with Crippen LogP contribution in [0.3, 0.4) is 0 Å². The van der Waals surface area contributed by atoms with Crippen LogP contribution in [0.2, 0.25) is 0 Å². The molecule has 84 heavy (non-hydrogen) atoms. The summed E-state index contributed by atoms with van der Waals surface area (Å²) in [7, 11) is 0. The Morgan fingerprint density at radius 2 is 1.49 bits per heavy atom. The third-order valence-corrected chi connectivity index (χ3v) is 24.5. The van der Waals surface area contributed by atoms with Crippen LogP contribution in [-0.4, -0.2) is 6.54 Å². The lowest BCUT2D eigenvalue weighted by Gasteiger charge is -2.53. The second kappa shape index (κ2) is 21.3. The van der Waals surface area contributed by atoms with E-state index in [0.717, 1.165) is 44.2 Å². The smallest absolute Gasteiger partial charge is 0.0649 e. The number of allylic oxidation sites excluding steroid dienone is 39. The molecule has 426 valence electrons. The van der Waals surface area contributed by atoms with Gasteiger partial charge in [-0.3, -0.25) is 4.99 Å². The van der Waals surface area contributed by atoms with Gasteiger partial charge in [-0.15, -0.1) is 0 Å². The van der Waals surface area contributed by atoms with Crippen LogP contribution in [-0.2, 0) is 0 Å². The van der Waals surface area contributed by atoms with Crippen molar-refractivity contribution >= 4 is 5.57 Å². The molecule has 14 aliphatic carbocycles. The van der Waals surface area contributed by atoms with Crippen molar-refractivity contribution in [1.29, 1.82) is 0 Å². The molecule has 0 saturated heterocycles. The molecule has 11 unspecified atom stereocenters. The second-order valence-electron chi connectivity index (χ2n) is 28.3. The zero-order chi connectivity index (χ0) is 56.4. The normalized spacial score (nSPS) is 34.5. The molecule has 0 spiro atoms. The van der Waals surface area contributed by atoms with Gasteiger partial charge in [-0.2, -0.15) is 0 Å². The van der Waals surface area contributed by atoms with Crippen molar-refractivity contribution in [3.63, 3.8) is 0 Å². The van der Waals surface area contributed by atoms with Crippen molar-refractivity contribution < 1.29 is 0 Å². The van der Waals surface area contributed by atoms with Crippen LogP contribution >= 0.6 is 0 Å². The number of fused-ring (bicyclic) bond motifs is 6. The standard InChI is InChI=1S/C83H89N/c1-6-83(7-2)76-48-52(29-33-54-35-40-72-74-44-42-60(59(37-28-50(3)4)56-17-9-8-16-51(56)5)66-21-14-25-70(81(66)74)68-23-12-19-57(54)79(68)72)31-38-63(76)64-39-32-53(49-77(64)83)30-34-55-36-41-73-75-45-43-61(62-46-47-84-78-27-11-10-18-65(62)78)67-22-15-26-71(82(67)75)69-24-13-20-58(55)80(69)73/h8-11,14,16-18,21,23-24,27-30,33-35,37,43-45,48-49,51,55,57-58,60,70-72,75,79,82H,3,6-7,12-13,15,19-20,22,25-26,31-32,36,38-42,46-47H2,1-2,4-5H3/b33-29+,34-30+,37-28-,59-56+. The molecule has 11 atom stereocenters. The molecule has 1 heterocycles. The predicted molar refractivity (Wildman–Crippen MR) is 351 cm³/mol. The van der Waals surface area contributed by atoms with Gasteiger partial charge in [-0.1, -0.05) is 189 Å². The third kappa shape index (κ3) is 8.36. The van der Waals surface area contributed by atoms with Gasteiger partial charge >= 0.3 is 0 Å². The number of benzene rings is 1.